The minimum Gasteiger partial charge on any atom is -0.356 e. The molecule has 3 aromatic rings. The van der Waals surface area contributed by atoms with Gasteiger partial charge in [-0.1, -0.05) is 60.1 Å². The van der Waals surface area contributed by atoms with Crippen LogP contribution < -0.4 is 0 Å². The van der Waals surface area contributed by atoms with Gasteiger partial charge in [-0.15, -0.1) is 5.10 Å². The van der Waals surface area contributed by atoms with Crippen LogP contribution in [0.25, 0.3) is 11.3 Å². The number of hydrogen-bond donors (Lipinski definition) is 0. The third kappa shape index (κ3) is 3.14. The van der Waals surface area contributed by atoms with Crippen molar-refractivity contribution in [2.45, 2.75) is 42.6 Å². The largest absolute Gasteiger partial charge is 0.356 e. The number of thioether (sulfide) groups is 1. The van der Waals surface area contributed by atoms with E-state index in [0.29, 0.717) is 11.8 Å². The minimum atomic E-state index is 0.449. The highest BCUT2D eigenvalue weighted by atomic mass is 32.2. The molecule has 0 saturated heterocycles. The van der Waals surface area contributed by atoms with Crippen molar-refractivity contribution in [1.29, 1.82) is 0 Å². The summed E-state index contributed by atoms with van der Waals surface area (Å²) in [7, 11) is 0. The monoisotopic (exact) mass is 327 g/mol. The zero-order chi connectivity index (χ0) is 15.5. The van der Waals surface area contributed by atoms with E-state index in [1.807, 2.05) is 41.1 Å². The van der Waals surface area contributed by atoms with Crippen LogP contribution in [0.15, 0.2) is 46.1 Å². The van der Waals surface area contributed by atoms with Crippen LogP contribution in [0, 0.1) is 0 Å². The predicted octanol–water partition coefficient (Wildman–Crippen LogP) is 3.74. The Labute approximate surface area is 138 Å². The lowest BCUT2D eigenvalue weighted by Gasteiger charge is -2.09. The molecule has 0 radical (unpaired) electrons. The van der Waals surface area contributed by atoms with Gasteiger partial charge in [-0.2, -0.15) is 0 Å². The van der Waals surface area contributed by atoms with Crippen molar-refractivity contribution in [1.82, 2.24) is 25.4 Å². The second-order valence-electron chi connectivity index (χ2n) is 5.68. The molecule has 118 valence electrons. The Morgan fingerprint density at radius 2 is 2.00 bits per heavy atom. The number of nitrogens with zero attached hydrogens (tertiary/aromatic N) is 5. The third-order valence-corrected chi connectivity index (χ3v) is 5.07. The maximum Gasteiger partial charge on any atom is 0.209 e. The van der Waals surface area contributed by atoms with Crippen molar-refractivity contribution < 1.29 is 4.52 Å². The molecule has 2 heterocycles. The fraction of sp³-hybridized carbons (Fsp3) is 0.375. The lowest BCUT2D eigenvalue weighted by Crippen LogP contribution is -2.08. The van der Waals surface area contributed by atoms with Crippen LogP contribution in [0.4, 0.5) is 0 Å². The SMILES string of the molecule is c1ccc(-c2cc(CSc3nnnn3C3CCCC3)no2)cc1. The third-order valence-electron chi connectivity index (χ3n) is 4.10. The number of hydrogen-bond acceptors (Lipinski definition) is 6. The topological polar surface area (TPSA) is 69.6 Å². The van der Waals surface area contributed by atoms with E-state index in [1.165, 1.54) is 25.7 Å². The van der Waals surface area contributed by atoms with Crippen molar-refractivity contribution >= 4 is 11.8 Å². The van der Waals surface area contributed by atoms with Gasteiger partial charge in [-0.25, -0.2) is 4.68 Å². The van der Waals surface area contributed by atoms with Crippen LogP contribution in [-0.4, -0.2) is 25.4 Å². The molecule has 0 aliphatic heterocycles. The summed E-state index contributed by atoms with van der Waals surface area (Å²) in [5, 5.41) is 17.1. The van der Waals surface area contributed by atoms with Gasteiger partial charge >= 0.3 is 0 Å². The van der Waals surface area contributed by atoms with Gasteiger partial charge in [-0.05, 0) is 23.3 Å². The van der Waals surface area contributed by atoms with Crippen LogP contribution in [0.1, 0.15) is 37.4 Å². The van der Waals surface area contributed by atoms with Crippen molar-refractivity contribution in [3.63, 3.8) is 0 Å². The molecule has 7 heteroatoms. The Morgan fingerprint density at radius 1 is 1.17 bits per heavy atom. The maximum absolute atomic E-state index is 5.43. The van der Waals surface area contributed by atoms with E-state index in [2.05, 4.69) is 20.7 Å². The fourth-order valence-corrected chi connectivity index (χ4v) is 3.74. The molecule has 1 aliphatic rings. The van der Waals surface area contributed by atoms with E-state index < -0.39 is 0 Å². The quantitative estimate of drug-likeness (QED) is 0.665. The van der Waals surface area contributed by atoms with Crippen molar-refractivity contribution in [3.8, 4) is 11.3 Å². The first-order valence-electron chi connectivity index (χ1n) is 7.82. The van der Waals surface area contributed by atoms with E-state index in [4.69, 9.17) is 4.52 Å². The lowest BCUT2D eigenvalue weighted by molar-refractivity contribution is 0.422. The molecule has 0 unspecified atom stereocenters. The molecule has 1 aliphatic carbocycles. The summed E-state index contributed by atoms with van der Waals surface area (Å²) in [6, 6.07) is 12.4. The average Bonchev–Trinajstić information content (AvgIpc) is 3.33. The number of benzene rings is 1. The molecule has 1 aromatic carbocycles. The Balaban J connectivity index is 1.44. The van der Waals surface area contributed by atoms with Gasteiger partial charge in [0, 0.05) is 17.4 Å². The zero-order valence-electron chi connectivity index (χ0n) is 12.6. The molecule has 0 atom stereocenters. The highest BCUT2D eigenvalue weighted by molar-refractivity contribution is 7.98. The highest BCUT2D eigenvalue weighted by Gasteiger charge is 2.21. The van der Waals surface area contributed by atoms with Crippen LogP contribution in [0.5, 0.6) is 0 Å². The second-order valence-corrected chi connectivity index (χ2v) is 6.62. The first-order valence-corrected chi connectivity index (χ1v) is 8.80. The van der Waals surface area contributed by atoms with Crippen LogP contribution in [-0.2, 0) is 5.75 Å². The Morgan fingerprint density at radius 3 is 2.83 bits per heavy atom. The molecule has 0 amide bonds. The molecule has 0 spiro atoms. The Hall–Kier alpha value is -2.15. The van der Waals surface area contributed by atoms with E-state index >= 15 is 0 Å². The molecule has 1 saturated carbocycles. The average molecular weight is 327 g/mol. The second kappa shape index (κ2) is 6.54. The molecular formula is C16H17N5OS. The Bertz CT molecular complexity index is 764. The van der Waals surface area contributed by atoms with Crippen molar-refractivity contribution in [3.05, 3.63) is 42.1 Å². The molecule has 1 fully saturated rings. The number of tetrazole rings is 1. The molecule has 0 bridgehead atoms. The molecule has 6 nitrogen and oxygen atoms in total. The highest BCUT2D eigenvalue weighted by Crippen LogP contribution is 2.32. The van der Waals surface area contributed by atoms with Gasteiger partial charge in [0.1, 0.15) is 0 Å². The lowest BCUT2D eigenvalue weighted by atomic mass is 10.2. The molecule has 2 aromatic heterocycles. The first-order chi connectivity index (χ1) is 11.4. The van der Waals surface area contributed by atoms with E-state index in [1.54, 1.807) is 11.8 Å². The van der Waals surface area contributed by atoms with Crippen LogP contribution in [0.3, 0.4) is 0 Å². The van der Waals surface area contributed by atoms with Crippen LogP contribution in [0.2, 0.25) is 0 Å². The van der Waals surface area contributed by atoms with E-state index in [-0.39, 0.29) is 0 Å². The maximum atomic E-state index is 5.43. The summed E-state index contributed by atoms with van der Waals surface area (Å²) in [6.45, 7) is 0. The van der Waals surface area contributed by atoms with Gasteiger partial charge in [0.25, 0.3) is 0 Å². The summed E-state index contributed by atoms with van der Waals surface area (Å²) in [5.41, 5.74) is 1.93. The molecular weight excluding hydrogens is 310 g/mol. The molecule has 0 N–H and O–H groups in total. The number of aromatic nitrogens is 5. The van der Waals surface area contributed by atoms with Gasteiger partial charge < -0.3 is 4.52 Å². The predicted molar refractivity (Wildman–Crippen MR) is 86.8 cm³/mol. The van der Waals surface area contributed by atoms with Crippen molar-refractivity contribution in [2.24, 2.45) is 0 Å². The normalized spacial score (nSPS) is 15.3. The standard InChI is InChI=1S/C16H17N5OS/c1-2-6-12(7-3-1)15-10-13(18-22-15)11-23-16-17-19-20-21(16)14-8-4-5-9-14/h1-3,6-7,10,14H,4-5,8-9,11H2. The van der Waals surface area contributed by atoms with Crippen LogP contribution >= 0.6 is 11.8 Å². The van der Waals surface area contributed by atoms with Gasteiger partial charge in [0.05, 0.1) is 11.7 Å². The minimum absolute atomic E-state index is 0.449. The molecule has 4 rings (SSSR count). The van der Waals surface area contributed by atoms with Gasteiger partial charge in [0.2, 0.25) is 5.16 Å². The van der Waals surface area contributed by atoms with Crippen molar-refractivity contribution in [2.75, 3.05) is 0 Å². The zero-order valence-corrected chi connectivity index (χ0v) is 13.4. The summed E-state index contributed by atoms with van der Waals surface area (Å²) >= 11 is 1.61. The number of rotatable bonds is 5. The Kier molecular flexibility index (Phi) is 4.10. The van der Waals surface area contributed by atoms with E-state index in [9.17, 15) is 0 Å². The fourth-order valence-electron chi connectivity index (χ4n) is 2.92. The van der Waals surface area contributed by atoms with Gasteiger partial charge in [-0.3, -0.25) is 0 Å². The van der Waals surface area contributed by atoms with Gasteiger partial charge in [0.15, 0.2) is 5.76 Å². The van der Waals surface area contributed by atoms with E-state index in [0.717, 1.165) is 22.2 Å². The summed E-state index contributed by atoms with van der Waals surface area (Å²) in [4.78, 5) is 0. The molecule has 23 heavy (non-hydrogen) atoms. The smallest absolute Gasteiger partial charge is 0.209 e. The summed E-state index contributed by atoms with van der Waals surface area (Å²) < 4.78 is 7.40. The summed E-state index contributed by atoms with van der Waals surface area (Å²) in [5.74, 6) is 1.49. The first kappa shape index (κ1) is 14.4. The summed E-state index contributed by atoms with van der Waals surface area (Å²) in [6.07, 6.45) is 4.86.